The van der Waals surface area contributed by atoms with Crippen LogP contribution in [0, 0.1) is 11.8 Å². The maximum Gasteiger partial charge on any atom is 0.328 e. The average Bonchev–Trinajstić information content (AvgIpc) is 2.94. The van der Waals surface area contributed by atoms with E-state index in [-0.39, 0.29) is 53.9 Å². The van der Waals surface area contributed by atoms with Crippen LogP contribution in [0.5, 0.6) is 23.0 Å². The number of hydrogen-bond acceptors (Lipinski definition) is 10. The lowest BCUT2D eigenvalue weighted by molar-refractivity contribution is -0.137. The Hall–Kier alpha value is -3.83. The molecule has 0 spiro atoms. The minimum absolute atomic E-state index is 0. The molecule has 0 saturated heterocycles. The third-order valence-corrected chi connectivity index (χ3v) is 5.95. The number of benzene rings is 2. The van der Waals surface area contributed by atoms with E-state index in [1.807, 2.05) is 27.7 Å². The molecule has 12 heteroatoms. The lowest BCUT2D eigenvalue weighted by atomic mass is 10.1. The standard InChI is InChI=1S/C31H38N2O8.2ClH/c1-18(2)28(32)30(36)40-24-13-9-20(15-26(24)38-5)7-11-22(34)17-23(35)12-8-21-10-14-25(27(16-21)39-6)41-31(37)29(33)19(3)4;;/h7-19,28-29,34H,32-33H2,1-6H3;2*1H/b11-7+,12-8+,22-17-;;/t28-,29-;;/m0../s1. The van der Waals surface area contributed by atoms with Crippen molar-refractivity contribution in [2.24, 2.45) is 23.3 Å². The Labute approximate surface area is 264 Å². The Kier molecular flexibility index (Phi) is 17.0. The summed E-state index contributed by atoms with van der Waals surface area (Å²) >= 11 is 0. The number of methoxy groups -OCH3 is 2. The van der Waals surface area contributed by atoms with Crippen molar-refractivity contribution in [3.05, 3.63) is 71.5 Å². The van der Waals surface area contributed by atoms with Crippen molar-refractivity contribution in [3.8, 4) is 23.0 Å². The second-order valence-electron chi connectivity index (χ2n) is 9.84. The van der Waals surface area contributed by atoms with Gasteiger partial charge in [0.25, 0.3) is 0 Å². The molecule has 0 aliphatic rings. The van der Waals surface area contributed by atoms with Crippen molar-refractivity contribution in [2.45, 2.75) is 39.8 Å². The number of allylic oxidation sites excluding steroid dienone is 3. The van der Waals surface area contributed by atoms with Gasteiger partial charge in [0.2, 0.25) is 0 Å². The highest BCUT2D eigenvalue weighted by molar-refractivity contribution is 6.02. The molecule has 5 N–H and O–H groups in total. The number of esters is 2. The fourth-order valence-corrected chi connectivity index (χ4v) is 3.24. The van der Waals surface area contributed by atoms with Crippen LogP contribution in [0.3, 0.4) is 0 Å². The summed E-state index contributed by atoms with van der Waals surface area (Å²) < 4.78 is 21.3. The van der Waals surface area contributed by atoms with Crippen molar-refractivity contribution in [1.29, 1.82) is 0 Å². The fraction of sp³-hybridized carbons (Fsp3) is 0.323. The van der Waals surface area contributed by atoms with Crippen LogP contribution in [-0.2, 0) is 14.4 Å². The first-order valence-corrected chi connectivity index (χ1v) is 13.0. The van der Waals surface area contributed by atoms with E-state index in [2.05, 4.69) is 0 Å². The number of halogens is 2. The fourth-order valence-electron chi connectivity index (χ4n) is 3.24. The van der Waals surface area contributed by atoms with Gasteiger partial charge in [-0.25, -0.2) is 9.59 Å². The number of ketones is 1. The van der Waals surface area contributed by atoms with Crippen LogP contribution in [0.4, 0.5) is 0 Å². The van der Waals surface area contributed by atoms with Crippen LogP contribution in [-0.4, -0.2) is 49.1 Å². The van der Waals surface area contributed by atoms with E-state index in [4.69, 9.17) is 30.4 Å². The summed E-state index contributed by atoms with van der Waals surface area (Å²) in [4.78, 5) is 36.7. The zero-order chi connectivity index (χ0) is 30.7. The molecular weight excluding hydrogens is 599 g/mol. The third kappa shape index (κ3) is 12.1. The lowest BCUT2D eigenvalue weighted by Crippen LogP contribution is -2.38. The van der Waals surface area contributed by atoms with Gasteiger partial charge in [-0.3, -0.25) is 4.79 Å². The summed E-state index contributed by atoms with van der Waals surface area (Å²) in [5.74, 6) is -1.04. The number of ether oxygens (including phenoxy) is 4. The van der Waals surface area contributed by atoms with Gasteiger partial charge < -0.3 is 35.5 Å². The van der Waals surface area contributed by atoms with Gasteiger partial charge in [0.15, 0.2) is 28.8 Å². The Morgan fingerprint density at radius 2 is 1.09 bits per heavy atom. The minimum atomic E-state index is -0.773. The van der Waals surface area contributed by atoms with E-state index in [0.29, 0.717) is 22.6 Å². The summed E-state index contributed by atoms with van der Waals surface area (Å²) in [5.41, 5.74) is 12.9. The topological polar surface area (TPSA) is 160 Å². The van der Waals surface area contributed by atoms with Gasteiger partial charge in [0.1, 0.15) is 17.8 Å². The number of aliphatic hydroxyl groups is 1. The predicted octanol–water partition coefficient (Wildman–Crippen LogP) is 5.06. The molecule has 2 aromatic rings. The number of carbonyl (C=O) groups is 3. The van der Waals surface area contributed by atoms with E-state index in [1.165, 1.54) is 32.4 Å². The molecule has 0 bridgehead atoms. The van der Waals surface area contributed by atoms with Crippen molar-refractivity contribution < 1.29 is 38.4 Å². The first kappa shape index (κ1) is 39.2. The predicted molar refractivity (Wildman–Crippen MR) is 171 cm³/mol. The maximum absolute atomic E-state index is 12.3. The number of hydrogen-bond donors (Lipinski definition) is 3. The number of rotatable bonds is 13. The molecule has 0 amide bonds. The van der Waals surface area contributed by atoms with Crippen molar-refractivity contribution >= 4 is 54.7 Å². The van der Waals surface area contributed by atoms with Gasteiger partial charge in [-0.2, -0.15) is 0 Å². The number of carbonyl (C=O) groups excluding carboxylic acids is 3. The molecule has 0 aromatic heterocycles. The van der Waals surface area contributed by atoms with Crippen LogP contribution in [0.1, 0.15) is 38.8 Å². The molecule has 0 aliphatic heterocycles. The van der Waals surface area contributed by atoms with E-state index in [9.17, 15) is 19.5 Å². The normalized spacial score (nSPS) is 12.8. The lowest BCUT2D eigenvalue weighted by Gasteiger charge is -2.16. The minimum Gasteiger partial charge on any atom is -0.508 e. The molecule has 0 unspecified atom stereocenters. The van der Waals surface area contributed by atoms with Crippen LogP contribution >= 0.6 is 24.8 Å². The van der Waals surface area contributed by atoms with Crippen molar-refractivity contribution in [2.75, 3.05) is 14.2 Å². The second kappa shape index (κ2) is 18.7. The van der Waals surface area contributed by atoms with E-state index in [1.54, 1.807) is 42.5 Å². The maximum atomic E-state index is 12.3. The second-order valence-corrected chi connectivity index (χ2v) is 9.84. The van der Waals surface area contributed by atoms with Gasteiger partial charge in [-0.05, 0) is 59.4 Å². The Balaban J connectivity index is 0.00000882. The number of nitrogens with two attached hydrogens (primary N) is 2. The zero-order valence-corrected chi connectivity index (χ0v) is 26.6. The Morgan fingerprint density at radius 1 is 0.698 bits per heavy atom. The molecule has 2 rings (SSSR count). The highest BCUT2D eigenvalue weighted by Crippen LogP contribution is 2.30. The smallest absolute Gasteiger partial charge is 0.328 e. The van der Waals surface area contributed by atoms with Gasteiger partial charge in [0.05, 0.1) is 14.2 Å². The average molecular weight is 640 g/mol. The first-order valence-electron chi connectivity index (χ1n) is 13.0. The Morgan fingerprint density at radius 3 is 1.47 bits per heavy atom. The molecule has 236 valence electrons. The summed E-state index contributed by atoms with van der Waals surface area (Å²) in [6, 6.07) is 8.06. The summed E-state index contributed by atoms with van der Waals surface area (Å²) in [7, 11) is 2.86. The first-order chi connectivity index (χ1) is 19.4. The van der Waals surface area contributed by atoms with E-state index in [0.717, 1.165) is 6.08 Å². The van der Waals surface area contributed by atoms with Crippen LogP contribution < -0.4 is 30.4 Å². The summed E-state index contributed by atoms with van der Waals surface area (Å²) in [6.07, 6.45) is 6.75. The Bertz CT molecular complexity index is 1340. The summed E-state index contributed by atoms with van der Waals surface area (Å²) in [5, 5.41) is 10.2. The molecule has 0 aliphatic carbocycles. The third-order valence-electron chi connectivity index (χ3n) is 5.95. The quantitative estimate of drug-likeness (QED) is 0.0889. The van der Waals surface area contributed by atoms with Crippen LogP contribution in [0.25, 0.3) is 12.2 Å². The molecule has 2 atom stereocenters. The molecule has 0 heterocycles. The van der Waals surface area contributed by atoms with Crippen molar-refractivity contribution in [3.63, 3.8) is 0 Å². The zero-order valence-electron chi connectivity index (χ0n) is 24.9. The van der Waals surface area contributed by atoms with Gasteiger partial charge in [-0.1, -0.05) is 52.0 Å². The molecule has 2 aromatic carbocycles. The van der Waals surface area contributed by atoms with E-state index >= 15 is 0 Å². The molecule has 10 nitrogen and oxygen atoms in total. The molecule has 0 radical (unpaired) electrons. The molecule has 0 fully saturated rings. The largest absolute Gasteiger partial charge is 0.508 e. The monoisotopic (exact) mass is 638 g/mol. The SMILES string of the molecule is COc1cc(/C=C/C(=O)/C=C(O)/C=C/c2ccc(OC(=O)[C@@H](N)C(C)C)c(OC)c2)ccc1OC(=O)[C@@H](N)C(C)C.Cl.Cl. The van der Waals surface area contributed by atoms with Gasteiger partial charge in [-0.15, -0.1) is 24.8 Å². The molecule has 0 saturated carbocycles. The molecular formula is C31H40Cl2N2O8. The van der Waals surface area contributed by atoms with Crippen molar-refractivity contribution in [1.82, 2.24) is 0 Å². The van der Waals surface area contributed by atoms with Gasteiger partial charge in [0, 0.05) is 6.08 Å². The van der Waals surface area contributed by atoms with E-state index < -0.39 is 29.8 Å². The highest BCUT2D eigenvalue weighted by Gasteiger charge is 2.22. The molecule has 43 heavy (non-hydrogen) atoms. The number of aliphatic hydroxyl groups excluding tert-OH is 1. The van der Waals surface area contributed by atoms with Gasteiger partial charge >= 0.3 is 11.9 Å². The summed E-state index contributed by atoms with van der Waals surface area (Å²) in [6.45, 7) is 7.27. The van der Waals surface area contributed by atoms with Crippen LogP contribution in [0.15, 0.2) is 60.4 Å². The highest BCUT2D eigenvalue weighted by atomic mass is 35.5. The van der Waals surface area contributed by atoms with Crippen LogP contribution in [0.2, 0.25) is 0 Å².